The standard InChI is InChI=1S/C18H20N6OS/c1-23-15(16-5-3-9-26-16)10-14(22-23)18(25)21-13-4-2-8-24(12-13)17-11-19-6-7-20-17/h3,5-7,9-11,13H,2,4,8,12H2,1H3,(H,21,25)/t13-/m0/s1. The van der Waals surface area contributed by atoms with Crippen LogP contribution in [0, 0.1) is 0 Å². The first-order chi connectivity index (χ1) is 12.7. The summed E-state index contributed by atoms with van der Waals surface area (Å²) in [6, 6.07) is 5.95. The molecule has 0 unspecified atom stereocenters. The molecule has 1 N–H and O–H groups in total. The van der Waals surface area contributed by atoms with Crippen molar-refractivity contribution in [3.63, 3.8) is 0 Å². The van der Waals surface area contributed by atoms with Gasteiger partial charge in [-0.3, -0.25) is 14.5 Å². The molecule has 1 fully saturated rings. The van der Waals surface area contributed by atoms with Crippen LogP contribution in [0.3, 0.4) is 0 Å². The van der Waals surface area contributed by atoms with E-state index in [-0.39, 0.29) is 11.9 Å². The van der Waals surface area contributed by atoms with Crippen LogP contribution in [0.1, 0.15) is 23.3 Å². The number of nitrogens with zero attached hydrogens (tertiary/aromatic N) is 5. The molecule has 4 rings (SSSR count). The minimum absolute atomic E-state index is 0.0745. The Morgan fingerprint density at radius 3 is 3.08 bits per heavy atom. The SMILES string of the molecule is Cn1nc(C(=O)N[C@H]2CCCN(c3cnccn3)C2)cc1-c1cccs1. The summed E-state index contributed by atoms with van der Waals surface area (Å²) in [4.78, 5) is 24.4. The lowest BCUT2D eigenvalue weighted by atomic mass is 10.1. The smallest absolute Gasteiger partial charge is 0.272 e. The number of rotatable bonds is 4. The van der Waals surface area contributed by atoms with Crippen molar-refractivity contribution in [2.45, 2.75) is 18.9 Å². The monoisotopic (exact) mass is 368 g/mol. The van der Waals surface area contributed by atoms with Crippen molar-refractivity contribution >= 4 is 23.1 Å². The fourth-order valence-corrected chi connectivity index (χ4v) is 4.02. The first-order valence-corrected chi connectivity index (χ1v) is 9.48. The van der Waals surface area contributed by atoms with Gasteiger partial charge in [-0.15, -0.1) is 11.3 Å². The van der Waals surface area contributed by atoms with Crippen molar-refractivity contribution in [1.29, 1.82) is 0 Å². The maximum atomic E-state index is 12.7. The third kappa shape index (κ3) is 3.45. The van der Waals surface area contributed by atoms with E-state index in [0.717, 1.165) is 42.3 Å². The van der Waals surface area contributed by atoms with Gasteiger partial charge in [0.2, 0.25) is 0 Å². The van der Waals surface area contributed by atoms with Crippen LogP contribution in [0.15, 0.2) is 42.2 Å². The number of nitrogens with one attached hydrogen (secondary N) is 1. The van der Waals surface area contributed by atoms with Gasteiger partial charge in [-0.25, -0.2) is 4.98 Å². The number of aromatic nitrogens is 4. The van der Waals surface area contributed by atoms with Gasteiger partial charge in [-0.05, 0) is 30.4 Å². The molecule has 0 aromatic carbocycles. The molecule has 1 amide bonds. The first kappa shape index (κ1) is 16.7. The summed E-state index contributed by atoms with van der Waals surface area (Å²) in [5, 5.41) is 9.52. The molecule has 3 aromatic rings. The van der Waals surface area contributed by atoms with Gasteiger partial charge in [0, 0.05) is 38.6 Å². The topological polar surface area (TPSA) is 75.9 Å². The highest BCUT2D eigenvalue weighted by Crippen LogP contribution is 2.25. The number of hydrogen-bond donors (Lipinski definition) is 1. The van der Waals surface area contributed by atoms with Gasteiger partial charge in [0.15, 0.2) is 5.69 Å². The average molecular weight is 368 g/mol. The molecule has 4 heterocycles. The van der Waals surface area contributed by atoms with Crippen LogP contribution in [0.25, 0.3) is 10.6 Å². The Morgan fingerprint density at radius 2 is 2.31 bits per heavy atom. The van der Waals surface area contributed by atoms with Crippen LogP contribution in [-0.4, -0.2) is 44.8 Å². The van der Waals surface area contributed by atoms with Crippen LogP contribution in [0.5, 0.6) is 0 Å². The molecule has 3 aromatic heterocycles. The number of thiophene rings is 1. The average Bonchev–Trinajstić information content (AvgIpc) is 3.32. The first-order valence-electron chi connectivity index (χ1n) is 8.60. The number of carbonyl (C=O) groups excluding carboxylic acids is 1. The number of amides is 1. The lowest BCUT2D eigenvalue weighted by Gasteiger charge is -2.33. The highest BCUT2D eigenvalue weighted by Gasteiger charge is 2.24. The van der Waals surface area contributed by atoms with Crippen LogP contribution in [0.2, 0.25) is 0 Å². The molecule has 1 saturated heterocycles. The molecule has 0 bridgehead atoms. The molecule has 0 saturated carbocycles. The quantitative estimate of drug-likeness (QED) is 0.765. The molecular formula is C18H20N6OS. The van der Waals surface area contributed by atoms with E-state index in [2.05, 4.69) is 25.3 Å². The summed E-state index contributed by atoms with van der Waals surface area (Å²) in [7, 11) is 1.86. The Kier molecular flexibility index (Phi) is 4.66. The number of piperidine rings is 1. The van der Waals surface area contributed by atoms with E-state index in [4.69, 9.17) is 0 Å². The minimum Gasteiger partial charge on any atom is -0.353 e. The Balaban J connectivity index is 1.44. The van der Waals surface area contributed by atoms with Crippen LogP contribution in [-0.2, 0) is 7.05 Å². The lowest BCUT2D eigenvalue weighted by molar-refractivity contribution is 0.0927. The Bertz CT molecular complexity index is 876. The number of anilines is 1. The highest BCUT2D eigenvalue weighted by molar-refractivity contribution is 7.13. The van der Waals surface area contributed by atoms with Crippen molar-refractivity contribution in [1.82, 2.24) is 25.1 Å². The van der Waals surface area contributed by atoms with E-state index in [1.54, 1.807) is 34.6 Å². The van der Waals surface area contributed by atoms with E-state index in [1.807, 2.05) is 30.6 Å². The second kappa shape index (κ2) is 7.25. The van der Waals surface area contributed by atoms with E-state index < -0.39 is 0 Å². The summed E-state index contributed by atoms with van der Waals surface area (Å²) in [5.41, 5.74) is 1.41. The van der Waals surface area contributed by atoms with Crippen molar-refractivity contribution in [2.24, 2.45) is 7.05 Å². The third-order valence-electron chi connectivity index (χ3n) is 4.52. The Morgan fingerprint density at radius 1 is 1.38 bits per heavy atom. The second-order valence-electron chi connectivity index (χ2n) is 6.34. The van der Waals surface area contributed by atoms with Crippen molar-refractivity contribution in [2.75, 3.05) is 18.0 Å². The van der Waals surface area contributed by atoms with Crippen LogP contribution >= 0.6 is 11.3 Å². The molecule has 26 heavy (non-hydrogen) atoms. The predicted molar refractivity (Wildman–Crippen MR) is 101 cm³/mol. The van der Waals surface area contributed by atoms with Crippen molar-refractivity contribution in [3.05, 3.63) is 47.9 Å². The van der Waals surface area contributed by atoms with Gasteiger partial charge < -0.3 is 10.2 Å². The molecule has 1 atom stereocenters. The third-order valence-corrected chi connectivity index (χ3v) is 5.41. The van der Waals surface area contributed by atoms with Gasteiger partial charge in [-0.1, -0.05) is 6.07 Å². The summed E-state index contributed by atoms with van der Waals surface area (Å²) < 4.78 is 1.76. The van der Waals surface area contributed by atoms with Gasteiger partial charge >= 0.3 is 0 Å². The van der Waals surface area contributed by atoms with E-state index in [9.17, 15) is 4.79 Å². The highest BCUT2D eigenvalue weighted by atomic mass is 32.1. The zero-order chi connectivity index (χ0) is 17.9. The van der Waals surface area contributed by atoms with Crippen molar-refractivity contribution < 1.29 is 4.79 Å². The Hall–Kier alpha value is -2.74. The van der Waals surface area contributed by atoms with Crippen LogP contribution in [0.4, 0.5) is 5.82 Å². The minimum atomic E-state index is -0.130. The van der Waals surface area contributed by atoms with E-state index in [0.29, 0.717) is 5.69 Å². The van der Waals surface area contributed by atoms with Gasteiger partial charge in [-0.2, -0.15) is 5.10 Å². The summed E-state index contributed by atoms with van der Waals surface area (Å²) in [6.45, 7) is 1.66. The molecule has 8 heteroatoms. The molecule has 1 aliphatic rings. The lowest BCUT2D eigenvalue weighted by Crippen LogP contribution is -2.48. The fraction of sp³-hybridized carbons (Fsp3) is 0.333. The zero-order valence-corrected chi connectivity index (χ0v) is 15.3. The predicted octanol–water partition coefficient (Wildman–Crippen LogP) is 2.34. The maximum Gasteiger partial charge on any atom is 0.272 e. The largest absolute Gasteiger partial charge is 0.353 e. The maximum absolute atomic E-state index is 12.7. The van der Waals surface area contributed by atoms with E-state index in [1.165, 1.54) is 0 Å². The second-order valence-corrected chi connectivity index (χ2v) is 7.29. The summed E-state index contributed by atoms with van der Waals surface area (Å²) in [5.74, 6) is 0.721. The Labute approximate surface area is 155 Å². The zero-order valence-electron chi connectivity index (χ0n) is 14.5. The van der Waals surface area contributed by atoms with Crippen LogP contribution < -0.4 is 10.2 Å². The normalized spacial score (nSPS) is 17.3. The summed E-state index contributed by atoms with van der Waals surface area (Å²) in [6.07, 6.45) is 7.07. The van der Waals surface area contributed by atoms with E-state index >= 15 is 0 Å². The number of aryl methyl sites for hydroxylation is 1. The molecule has 7 nitrogen and oxygen atoms in total. The summed E-state index contributed by atoms with van der Waals surface area (Å²) >= 11 is 1.64. The van der Waals surface area contributed by atoms with Crippen molar-refractivity contribution in [3.8, 4) is 10.6 Å². The molecule has 0 spiro atoms. The van der Waals surface area contributed by atoms with Gasteiger partial charge in [0.1, 0.15) is 5.82 Å². The van der Waals surface area contributed by atoms with Gasteiger partial charge in [0.25, 0.3) is 5.91 Å². The van der Waals surface area contributed by atoms with Gasteiger partial charge in [0.05, 0.1) is 16.8 Å². The molecular weight excluding hydrogens is 348 g/mol. The molecule has 134 valence electrons. The number of carbonyl (C=O) groups is 1. The fourth-order valence-electron chi connectivity index (χ4n) is 3.25. The number of hydrogen-bond acceptors (Lipinski definition) is 6. The molecule has 0 radical (unpaired) electrons. The molecule has 1 aliphatic heterocycles. The molecule has 0 aliphatic carbocycles.